The number of rotatable bonds is 2. The zero-order valence-corrected chi connectivity index (χ0v) is 22.3. The zero-order chi connectivity index (χ0) is 21.2. The third-order valence-electron chi connectivity index (χ3n) is 4.93. The van der Waals surface area contributed by atoms with Gasteiger partial charge in [0.2, 0.25) is 0 Å². The summed E-state index contributed by atoms with van der Waals surface area (Å²) in [5.41, 5.74) is 5.49. The molecule has 0 aliphatic rings. The molecular formula is C29H26Cl2Zr-2. The van der Waals surface area contributed by atoms with Crippen LogP contribution in [0.1, 0.15) is 22.3 Å². The van der Waals surface area contributed by atoms with Gasteiger partial charge in [0.1, 0.15) is 0 Å². The van der Waals surface area contributed by atoms with E-state index in [4.69, 9.17) is 0 Å². The van der Waals surface area contributed by atoms with Gasteiger partial charge in [-0.25, -0.2) is 12.1 Å². The van der Waals surface area contributed by atoms with Gasteiger partial charge in [0.15, 0.2) is 0 Å². The second-order valence-electron chi connectivity index (χ2n) is 7.12. The average molecular weight is 537 g/mol. The Morgan fingerprint density at radius 1 is 0.594 bits per heavy atom. The molecule has 0 heterocycles. The van der Waals surface area contributed by atoms with Gasteiger partial charge >= 0.3 is 112 Å². The minimum atomic E-state index is 0. The average Bonchev–Trinajstić information content (AvgIpc) is 3.49. The first kappa shape index (κ1) is 28.0. The maximum absolute atomic E-state index is 2.21. The monoisotopic (exact) mass is 534 g/mol. The van der Waals surface area contributed by atoms with Crippen LogP contribution in [0.25, 0.3) is 10.8 Å². The molecule has 0 amide bonds. The molecule has 0 atom stereocenters. The Bertz CT molecular complexity index is 1090. The quantitative estimate of drug-likeness (QED) is 0.299. The molecule has 0 spiro atoms. The third kappa shape index (κ3) is 8.14. The summed E-state index contributed by atoms with van der Waals surface area (Å²) in [6, 6.07) is 41.9. The van der Waals surface area contributed by atoms with E-state index in [0.29, 0.717) is 0 Å². The Hall–Kier alpha value is -2.05. The van der Waals surface area contributed by atoms with Crippen molar-refractivity contribution in [2.75, 3.05) is 0 Å². The fourth-order valence-electron chi connectivity index (χ4n) is 3.24. The number of halogens is 2. The molecule has 5 aromatic rings. The predicted molar refractivity (Wildman–Crippen MR) is 127 cm³/mol. The SMILES string of the molecule is Cc1ccccc1[C](=[Zr+2])c1ccccc1C.[Cl-].[Cl-].c1cc[cH-]c1.c1ccc2[cH-]ccc2c1. The van der Waals surface area contributed by atoms with Crippen LogP contribution < -0.4 is 24.8 Å². The van der Waals surface area contributed by atoms with Crippen molar-refractivity contribution < 1.29 is 49.0 Å². The molecule has 0 aromatic heterocycles. The van der Waals surface area contributed by atoms with Crippen LogP contribution in [0.5, 0.6) is 0 Å². The molecule has 0 unspecified atom stereocenters. The van der Waals surface area contributed by atoms with Crippen LogP contribution in [0.2, 0.25) is 0 Å². The van der Waals surface area contributed by atoms with Crippen LogP contribution in [-0.4, -0.2) is 3.21 Å². The first-order chi connectivity index (χ1) is 14.7. The smallest absolute Gasteiger partial charge is 0.0809 e. The molecule has 5 aromatic carbocycles. The summed E-state index contributed by atoms with van der Waals surface area (Å²) in [6.07, 6.45) is 0. The molecular weight excluding hydrogens is 510 g/mol. The molecule has 0 radical (unpaired) electrons. The van der Waals surface area contributed by atoms with Gasteiger partial charge in [-0.3, -0.25) is 0 Å². The van der Waals surface area contributed by atoms with Gasteiger partial charge in [0.25, 0.3) is 0 Å². The summed E-state index contributed by atoms with van der Waals surface area (Å²) in [7, 11) is 0. The normalized spacial score (nSPS) is 9.25. The second kappa shape index (κ2) is 14.9. The molecule has 32 heavy (non-hydrogen) atoms. The van der Waals surface area contributed by atoms with Crippen LogP contribution in [0.15, 0.2) is 121 Å². The van der Waals surface area contributed by atoms with Gasteiger partial charge in [-0.15, -0.1) is 29.7 Å². The Morgan fingerprint density at radius 3 is 1.56 bits per heavy atom. The van der Waals surface area contributed by atoms with E-state index in [9.17, 15) is 0 Å². The topological polar surface area (TPSA) is 0 Å². The van der Waals surface area contributed by atoms with E-state index >= 15 is 0 Å². The van der Waals surface area contributed by atoms with Crippen molar-refractivity contribution in [2.24, 2.45) is 0 Å². The van der Waals surface area contributed by atoms with Gasteiger partial charge in [-0.1, -0.05) is 6.07 Å². The molecule has 162 valence electrons. The van der Waals surface area contributed by atoms with Crippen LogP contribution >= 0.6 is 0 Å². The number of fused-ring (bicyclic) bond motifs is 1. The van der Waals surface area contributed by atoms with Crippen molar-refractivity contribution in [3.05, 3.63) is 144 Å². The minimum Gasteiger partial charge on any atom is -1.00 e. The maximum atomic E-state index is 2.21. The first-order valence-electron chi connectivity index (χ1n) is 10.1. The third-order valence-corrected chi connectivity index (χ3v) is 6.26. The van der Waals surface area contributed by atoms with Crippen LogP contribution in [0.3, 0.4) is 0 Å². The van der Waals surface area contributed by atoms with E-state index in [1.807, 2.05) is 30.3 Å². The Morgan fingerprint density at radius 2 is 1.09 bits per heavy atom. The zero-order valence-electron chi connectivity index (χ0n) is 18.3. The molecule has 0 saturated carbocycles. The fraction of sp³-hybridized carbons (Fsp3) is 0.0690. The Labute approximate surface area is 219 Å². The molecule has 0 aliphatic heterocycles. The van der Waals surface area contributed by atoms with Crippen LogP contribution in [-0.2, 0) is 24.2 Å². The minimum absolute atomic E-state index is 0. The summed E-state index contributed by atoms with van der Waals surface area (Å²) in [6.45, 7) is 4.36. The van der Waals surface area contributed by atoms with Crippen LogP contribution in [0.4, 0.5) is 0 Å². The van der Waals surface area contributed by atoms with E-state index in [0.717, 1.165) is 0 Å². The van der Waals surface area contributed by atoms with Crippen molar-refractivity contribution in [1.82, 2.24) is 0 Å². The summed E-state index contributed by atoms with van der Waals surface area (Å²) < 4.78 is 1.45. The van der Waals surface area contributed by atoms with E-state index in [1.165, 1.54) is 60.5 Å². The largest absolute Gasteiger partial charge is 1.00 e. The molecule has 0 bridgehead atoms. The first-order valence-corrected chi connectivity index (χ1v) is 11.4. The summed E-state index contributed by atoms with van der Waals surface area (Å²) in [5.74, 6) is 0. The van der Waals surface area contributed by atoms with Crippen molar-refractivity contribution in [3.63, 3.8) is 0 Å². The molecule has 0 nitrogen and oxygen atoms in total. The van der Waals surface area contributed by atoms with E-state index < -0.39 is 0 Å². The Kier molecular flexibility index (Phi) is 13.0. The van der Waals surface area contributed by atoms with E-state index in [-0.39, 0.29) is 24.8 Å². The molecule has 0 N–H and O–H groups in total. The molecule has 0 aliphatic carbocycles. The van der Waals surface area contributed by atoms with E-state index in [1.54, 1.807) is 0 Å². The summed E-state index contributed by atoms with van der Waals surface area (Å²) in [4.78, 5) is 0. The number of hydrogen-bond donors (Lipinski definition) is 0. The van der Waals surface area contributed by atoms with E-state index in [2.05, 4.69) is 105 Å². The molecule has 0 fully saturated rings. The molecule has 3 heteroatoms. The number of benzene rings is 3. The summed E-state index contributed by atoms with van der Waals surface area (Å²) >= 11 is 1.47. The maximum Gasteiger partial charge on any atom is -0.0809 e. The standard InChI is InChI=1S/C15H14.C9H7.C5H5.2ClH.Zr/c1-12-7-3-5-9-14(12)11-15-10-6-4-8-13(15)2;1-2-5-9-7-3-6-8(9)4-1;1-2-4-5-3-1;;;/h3-10H,1-2H3;1-7H;1-5H;2*1H;/q;2*-1;;;+2/p-2. The van der Waals surface area contributed by atoms with Crippen molar-refractivity contribution >= 4 is 14.0 Å². The van der Waals surface area contributed by atoms with Crippen LogP contribution in [0, 0.1) is 13.8 Å². The number of aryl methyl sites for hydroxylation is 2. The van der Waals surface area contributed by atoms with Gasteiger partial charge in [-0.2, -0.15) is 35.7 Å². The molecule has 0 saturated heterocycles. The van der Waals surface area contributed by atoms with Gasteiger partial charge < -0.3 is 24.8 Å². The number of hydrogen-bond acceptors (Lipinski definition) is 0. The van der Waals surface area contributed by atoms with Crippen molar-refractivity contribution in [1.29, 1.82) is 0 Å². The Balaban J connectivity index is 0.000000269. The second-order valence-corrected chi connectivity index (χ2v) is 8.35. The fourth-order valence-corrected chi connectivity index (χ4v) is 4.62. The van der Waals surface area contributed by atoms with Crippen molar-refractivity contribution in [2.45, 2.75) is 13.8 Å². The summed E-state index contributed by atoms with van der Waals surface area (Å²) in [5, 5.41) is 2.66. The van der Waals surface area contributed by atoms with Crippen molar-refractivity contribution in [3.8, 4) is 0 Å². The van der Waals surface area contributed by atoms with Gasteiger partial charge in [0.05, 0.1) is 0 Å². The predicted octanol–water partition coefficient (Wildman–Crippen LogP) is 1.39. The molecule has 5 rings (SSSR count). The van der Waals surface area contributed by atoms with Gasteiger partial charge in [-0.05, 0) is 0 Å². The van der Waals surface area contributed by atoms with Gasteiger partial charge in [0, 0.05) is 0 Å².